The van der Waals surface area contributed by atoms with Gasteiger partial charge >= 0.3 is 57.4 Å². The minimum absolute atomic E-state index is 0. The molecule has 15 heavy (non-hydrogen) atoms. The Labute approximate surface area is 140 Å². The number of rotatable bonds is 3. The Balaban J connectivity index is 0.00000196. The molecule has 0 unspecified atom stereocenters. The van der Waals surface area contributed by atoms with E-state index in [1.165, 1.54) is 19.1 Å². The summed E-state index contributed by atoms with van der Waals surface area (Å²) >= 11 is 11.4. The van der Waals surface area contributed by atoms with Gasteiger partial charge in [-0.2, -0.15) is 0 Å². The van der Waals surface area contributed by atoms with E-state index in [1.54, 1.807) is 6.07 Å². The first-order chi connectivity index (χ1) is 6.50. The zero-order chi connectivity index (χ0) is 10.7. The van der Waals surface area contributed by atoms with Gasteiger partial charge in [0.1, 0.15) is 5.75 Å². The van der Waals surface area contributed by atoms with Crippen LogP contribution in [0.4, 0.5) is 0 Å². The molecule has 6 heteroatoms. The Morgan fingerprint density at radius 1 is 1.47 bits per heavy atom. The van der Waals surface area contributed by atoms with Gasteiger partial charge in [0.2, 0.25) is 0 Å². The largest absolute Gasteiger partial charge is 1.00 e. The number of hydrogen-bond acceptors (Lipinski definition) is 2. The molecule has 0 spiro atoms. The quantitative estimate of drug-likeness (QED) is 0.780. The van der Waals surface area contributed by atoms with Crippen LogP contribution in [-0.2, 0) is 4.79 Å². The van der Waals surface area contributed by atoms with Crippen LogP contribution in [0.25, 0.3) is 0 Å². The van der Waals surface area contributed by atoms with Crippen molar-refractivity contribution in [1.29, 1.82) is 0 Å². The normalized spacial score (nSPS) is 11.4. The third-order valence-corrected chi connectivity index (χ3v) is 2.08. The van der Waals surface area contributed by atoms with Crippen LogP contribution in [0.15, 0.2) is 18.2 Å². The third kappa shape index (κ3) is 5.04. The number of halogens is 2. The first-order valence-corrected chi connectivity index (χ1v) is 4.61. The van der Waals surface area contributed by atoms with Crippen molar-refractivity contribution in [3.8, 4) is 5.75 Å². The molecule has 1 aromatic carbocycles. The summed E-state index contributed by atoms with van der Waals surface area (Å²) in [6.07, 6.45) is -0.936. The summed E-state index contributed by atoms with van der Waals surface area (Å²) < 4.78 is 5.07. The standard InChI is InChI=1S/C9H8Cl2O3.K/c1-5(9(12)13)14-8-3-2-6(10)4-7(8)11;/h2-5H,1H3,(H,12,13);/q;+1/t5-;/m1./s1. The SMILES string of the molecule is C[C@@H](Oc1ccc(Cl)cc1Cl)C(=O)O.[K+]. The predicted octanol–water partition coefficient (Wildman–Crippen LogP) is -0.151. The number of carboxylic acid groups (broad SMARTS) is 1. The second kappa shape index (κ2) is 7.11. The molecule has 1 aromatic rings. The van der Waals surface area contributed by atoms with Crippen molar-refractivity contribution in [3.05, 3.63) is 28.2 Å². The maximum Gasteiger partial charge on any atom is 1.00 e. The Morgan fingerprint density at radius 2 is 2.07 bits per heavy atom. The van der Waals surface area contributed by atoms with Gasteiger partial charge in [0.25, 0.3) is 0 Å². The molecular formula is C9H8Cl2KO3+. The van der Waals surface area contributed by atoms with Gasteiger partial charge in [0.15, 0.2) is 6.10 Å². The topological polar surface area (TPSA) is 46.5 Å². The third-order valence-electron chi connectivity index (χ3n) is 1.55. The first-order valence-electron chi connectivity index (χ1n) is 3.85. The van der Waals surface area contributed by atoms with Gasteiger partial charge in [-0.3, -0.25) is 0 Å². The average molecular weight is 274 g/mol. The van der Waals surface area contributed by atoms with E-state index in [0.29, 0.717) is 15.8 Å². The Hall–Kier alpha value is 0.706. The van der Waals surface area contributed by atoms with E-state index in [1.807, 2.05) is 0 Å². The number of carbonyl (C=O) groups is 1. The summed E-state index contributed by atoms with van der Waals surface area (Å²) in [7, 11) is 0. The molecule has 0 fully saturated rings. The molecule has 0 aliphatic carbocycles. The number of ether oxygens (including phenoxy) is 1. The summed E-state index contributed by atoms with van der Waals surface area (Å²) in [4.78, 5) is 10.5. The first kappa shape index (κ1) is 15.7. The summed E-state index contributed by atoms with van der Waals surface area (Å²) in [5, 5.41) is 9.37. The molecule has 0 bridgehead atoms. The van der Waals surface area contributed by atoms with E-state index in [2.05, 4.69) is 0 Å². The van der Waals surface area contributed by atoms with E-state index < -0.39 is 12.1 Å². The molecule has 0 aliphatic heterocycles. The summed E-state index contributed by atoms with van der Waals surface area (Å²) in [6.45, 7) is 1.42. The zero-order valence-electron chi connectivity index (χ0n) is 8.33. The number of aliphatic carboxylic acids is 1. The molecule has 0 radical (unpaired) electrons. The van der Waals surface area contributed by atoms with Gasteiger partial charge in [0, 0.05) is 5.02 Å². The predicted molar refractivity (Wildman–Crippen MR) is 54.2 cm³/mol. The van der Waals surface area contributed by atoms with Crippen LogP contribution in [0.5, 0.6) is 5.75 Å². The van der Waals surface area contributed by atoms with Crippen LogP contribution in [0.1, 0.15) is 6.92 Å². The number of hydrogen-bond donors (Lipinski definition) is 1. The van der Waals surface area contributed by atoms with Crippen LogP contribution in [0.2, 0.25) is 10.0 Å². The minimum atomic E-state index is -1.05. The maximum atomic E-state index is 10.5. The molecule has 0 amide bonds. The fraction of sp³-hybridized carbons (Fsp3) is 0.222. The zero-order valence-corrected chi connectivity index (χ0v) is 13.0. The molecular weight excluding hydrogens is 266 g/mol. The van der Waals surface area contributed by atoms with Gasteiger partial charge < -0.3 is 9.84 Å². The van der Waals surface area contributed by atoms with Crippen molar-refractivity contribution in [2.75, 3.05) is 0 Å². The van der Waals surface area contributed by atoms with Crippen LogP contribution < -0.4 is 56.1 Å². The van der Waals surface area contributed by atoms with Crippen molar-refractivity contribution in [3.63, 3.8) is 0 Å². The molecule has 0 heterocycles. The molecule has 1 rings (SSSR count). The molecule has 76 valence electrons. The smallest absolute Gasteiger partial charge is 0.479 e. The van der Waals surface area contributed by atoms with Crippen molar-refractivity contribution in [2.45, 2.75) is 13.0 Å². The van der Waals surface area contributed by atoms with Crippen molar-refractivity contribution >= 4 is 29.2 Å². The van der Waals surface area contributed by atoms with Gasteiger partial charge in [-0.05, 0) is 25.1 Å². The molecule has 0 aliphatic rings. The van der Waals surface area contributed by atoms with Gasteiger partial charge in [0.05, 0.1) is 5.02 Å². The maximum absolute atomic E-state index is 10.5. The van der Waals surface area contributed by atoms with Crippen LogP contribution in [0.3, 0.4) is 0 Å². The summed E-state index contributed by atoms with van der Waals surface area (Å²) in [5.74, 6) is -0.734. The van der Waals surface area contributed by atoms with Crippen LogP contribution >= 0.6 is 23.2 Å². The Morgan fingerprint density at radius 3 is 2.53 bits per heavy atom. The van der Waals surface area contributed by atoms with Crippen molar-refractivity contribution < 1.29 is 66.0 Å². The van der Waals surface area contributed by atoms with Gasteiger partial charge in [-0.1, -0.05) is 23.2 Å². The molecule has 0 saturated carbocycles. The molecule has 0 aromatic heterocycles. The Kier molecular flexibility index (Phi) is 7.45. The van der Waals surface area contributed by atoms with E-state index in [0.717, 1.165) is 0 Å². The van der Waals surface area contributed by atoms with E-state index in [4.69, 9.17) is 33.0 Å². The molecule has 3 nitrogen and oxygen atoms in total. The summed E-state index contributed by atoms with van der Waals surface area (Å²) in [6, 6.07) is 4.61. The van der Waals surface area contributed by atoms with Gasteiger partial charge in [-0.25, -0.2) is 4.79 Å². The van der Waals surface area contributed by atoms with Crippen LogP contribution in [0, 0.1) is 0 Å². The second-order valence-corrected chi connectivity index (χ2v) is 3.52. The fourth-order valence-electron chi connectivity index (χ4n) is 0.812. The van der Waals surface area contributed by atoms with Crippen molar-refractivity contribution in [2.24, 2.45) is 0 Å². The average Bonchev–Trinajstić information content (AvgIpc) is 2.09. The minimum Gasteiger partial charge on any atom is -0.479 e. The van der Waals surface area contributed by atoms with Gasteiger partial charge in [-0.15, -0.1) is 0 Å². The van der Waals surface area contributed by atoms with Crippen molar-refractivity contribution in [1.82, 2.24) is 0 Å². The number of carboxylic acids is 1. The van der Waals surface area contributed by atoms with E-state index in [9.17, 15) is 4.79 Å². The fourth-order valence-corrected chi connectivity index (χ4v) is 1.26. The summed E-state index contributed by atoms with van der Waals surface area (Å²) in [5.41, 5.74) is 0. The Bertz CT molecular complexity index is 357. The van der Waals surface area contributed by atoms with E-state index >= 15 is 0 Å². The number of benzene rings is 1. The molecule has 1 N–H and O–H groups in total. The molecule has 0 saturated heterocycles. The van der Waals surface area contributed by atoms with E-state index in [-0.39, 0.29) is 51.4 Å². The molecule has 1 atom stereocenters. The van der Waals surface area contributed by atoms with Crippen LogP contribution in [-0.4, -0.2) is 17.2 Å². The monoisotopic (exact) mass is 273 g/mol. The second-order valence-electron chi connectivity index (χ2n) is 2.67.